The smallest absolute Gasteiger partial charge is 0.410 e. The number of likely N-dealkylation sites (tertiary alicyclic amines) is 2. The van der Waals surface area contributed by atoms with Crippen molar-refractivity contribution in [3.63, 3.8) is 0 Å². The monoisotopic (exact) mass is 671 g/mol. The van der Waals surface area contributed by atoms with Gasteiger partial charge in [-0.2, -0.15) is 0 Å². The number of aromatic nitrogens is 3. The van der Waals surface area contributed by atoms with Gasteiger partial charge in [-0.15, -0.1) is 0 Å². The van der Waals surface area contributed by atoms with E-state index in [4.69, 9.17) is 14.2 Å². The molecule has 260 valence electrons. The predicted molar refractivity (Wildman–Crippen MR) is 184 cm³/mol. The quantitative estimate of drug-likeness (QED) is 0.302. The van der Waals surface area contributed by atoms with Gasteiger partial charge >= 0.3 is 6.09 Å². The number of methoxy groups -OCH3 is 2. The van der Waals surface area contributed by atoms with Crippen LogP contribution in [0.2, 0.25) is 0 Å². The van der Waals surface area contributed by atoms with Crippen LogP contribution < -0.4 is 15.0 Å². The van der Waals surface area contributed by atoms with Gasteiger partial charge in [0.15, 0.2) is 17.1 Å². The molecule has 2 fully saturated rings. The second-order valence-electron chi connectivity index (χ2n) is 14.0. The van der Waals surface area contributed by atoms with Crippen LogP contribution in [0.4, 0.5) is 4.79 Å². The number of nitrogens with zero attached hydrogens (tertiary/aromatic N) is 5. The van der Waals surface area contributed by atoms with Crippen molar-refractivity contribution in [2.75, 3.05) is 40.4 Å². The number of rotatable bonds is 7. The van der Waals surface area contributed by atoms with Gasteiger partial charge in [0.25, 0.3) is 5.56 Å². The average Bonchev–Trinajstić information content (AvgIpc) is 3.53. The zero-order valence-corrected chi connectivity index (χ0v) is 28.8. The first-order chi connectivity index (χ1) is 23.4. The zero-order chi connectivity index (χ0) is 34.9. The number of carbonyl (C=O) groups is 2. The molecule has 2 aliphatic heterocycles. The molecule has 2 atom stereocenters. The molecule has 2 aromatic heterocycles. The van der Waals surface area contributed by atoms with Gasteiger partial charge in [0.2, 0.25) is 5.91 Å². The number of amides is 2. The molecular weight excluding hydrogens is 626 g/mol. The van der Waals surface area contributed by atoms with E-state index < -0.39 is 11.2 Å². The van der Waals surface area contributed by atoms with Gasteiger partial charge in [-0.25, -0.2) is 9.78 Å². The highest BCUT2D eigenvalue weighted by atomic mass is 16.6. The van der Waals surface area contributed by atoms with E-state index in [1.165, 1.54) is 10.9 Å². The second kappa shape index (κ2) is 13.6. The molecule has 0 radical (unpaired) electrons. The highest BCUT2D eigenvalue weighted by molar-refractivity contribution is 5.81. The van der Waals surface area contributed by atoms with Crippen molar-refractivity contribution in [1.82, 2.24) is 23.9 Å². The van der Waals surface area contributed by atoms with E-state index in [2.05, 4.69) is 4.98 Å². The Morgan fingerprint density at radius 2 is 1.67 bits per heavy atom. The van der Waals surface area contributed by atoms with Crippen molar-refractivity contribution < 1.29 is 28.9 Å². The minimum atomic E-state index is -1.18. The van der Waals surface area contributed by atoms with Crippen molar-refractivity contribution in [2.24, 2.45) is 5.92 Å². The molecule has 12 nitrogen and oxygen atoms in total. The summed E-state index contributed by atoms with van der Waals surface area (Å²) >= 11 is 0. The van der Waals surface area contributed by atoms with E-state index in [0.29, 0.717) is 68.0 Å². The maximum Gasteiger partial charge on any atom is 0.410 e. The highest BCUT2D eigenvalue weighted by Crippen LogP contribution is 2.36. The van der Waals surface area contributed by atoms with Gasteiger partial charge in [0.05, 0.1) is 37.4 Å². The third-order valence-electron chi connectivity index (χ3n) is 9.60. The lowest BCUT2D eigenvalue weighted by Gasteiger charge is -2.43. The molecule has 49 heavy (non-hydrogen) atoms. The van der Waals surface area contributed by atoms with E-state index in [-0.39, 0.29) is 35.9 Å². The number of aliphatic hydroxyl groups is 1. The van der Waals surface area contributed by atoms with Gasteiger partial charge < -0.3 is 33.7 Å². The van der Waals surface area contributed by atoms with Crippen molar-refractivity contribution in [3.05, 3.63) is 83.0 Å². The summed E-state index contributed by atoms with van der Waals surface area (Å²) in [6.45, 7) is 7.15. The maximum absolute atomic E-state index is 14.0. The molecule has 1 N–H and O–H groups in total. The largest absolute Gasteiger partial charge is 0.493 e. The second-order valence-corrected chi connectivity index (χ2v) is 14.0. The van der Waals surface area contributed by atoms with Crippen LogP contribution in [0.5, 0.6) is 11.5 Å². The predicted octanol–water partition coefficient (Wildman–Crippen LogP) is 4.60. The molecule has 0 spiro atoms. The molecule has 12 heteroatoms. The first-order valence-corrected chi connectivity index (χ1v) is 16.7. The lowest BCUT2D eigenvalue weighted by molar-refractivity contribution is -0.142. The Hall–Kier alpha value is -4.84. The lowest BCUT2D eigenvalue weighted by atomic mass is 9.79. The lowest BCUT2D eigenvalue weighted by Crippen LogP contribution is -2.53. The van der Waals surface area contributed by atoms with Crippen molar-refractivity contribution in [3.8, 4) is 17.2 Å². The first kappa shape index (κ1) is 34.0. The number of carbonyl (C=O) groups excluding carboxylic acids is 2. The van der Waals surface area contributed by atoms with Crippen molar-refractivity contribution in [2.45, 2.75) is 63.7 Å². The molecule has 4 aromatic rings. The summed E-state index contributed by atoms with van der Waals surface area (Å²) in [4.78, 5) is 48.7. The third-order valence-corrected chi connectivity index (χ3v) is 9.60. The van der Waals surface area contributed by atoms with Crippen LogP contribution in [-0.2, 0) is 16.1 Å². The van der Waals surface area contributed by atoms with Gasteiger partial charge in [-0.05, 0) is 63.8 Å². The normalized spacial score (nSPS) is 19.5. The van der Waals surface area contributed by atoms with Crippen molar-refractivity contribution >= 4 is 23.0 Å². The van der Waals surface area contributed by atoms with Crippen LogP contribution in [0, 0.1) is 5.92 Å². The van der Waals surface area contributed by atoms with E-state index in [1.807, 2.05) is 72.7 Å². The summed E-state index contributed by atoms with van der Waals surface area (Å²) in [7, 11) is 3.14. The number of hydrogen-bond acceptors (Lipinski definition) is 8. The molecular formula is C37H45N5O7. The number of fused-ring (bicyclic) bond motifs is 1. The third kappa shape index (κ3) is 7.15. The molecule has 2 saturated heterocycles. The first-order valence-electron chi connectivity index (χ1n) is 16.7. The average molecular weight is 672 g/mol. The van der Waals surface area contributed by atoms with Crippen molar-refractivity contribution in [1.29, 1.82) is 0 Å². The standard InChI is InChI=1S/C37H45N5O7/c1-36(2,3)49-35(45)40-17-13-27(29(22-40)25-9-7-6-8-10-25)33(43)39-19-15-37(46,16-20-39)23-41-24-38-32-28(34(41)44)14-18-42(32)26-11-12-30(47-4)31(21-26)48-5/h6-12,14,18,21,24,27,29,46H,13,15-17,19-20,22-23H2,1-5H3/t27-,29+/m1/s1. The van der Waals surface area contributed by atoms with Crippen LogP contribution in [0.15, 0.2) is 71.9 Å². The number of ether oxygens (including phenoxy) is 3. The number of hydrogen-bond donors (Lipinski definition) is 1. The topological polar surface area (TPSA) is 128 Å². The number of piperidine rings is 2. The molecule has 0 bridgehead atoms. The maximum atomic E-state index is 14.0. The molecule has 2 aromatic carbocycles. The Labute approximate surface area is 285 Å². The SMILES string of the molecule is COc1ccc(-n2ccc3c(=O)n(CC4(O)CCN(C(=O)[C@@H]5CCN(C(=O)OC(C)(C)C)C[C@H]5c5ccccc5)CC4)cnc32)cc1OC. The Morgan fingerprint density at radius 1 is 0.959 bits per heavy atom. The summed E-state index contributed by atoms with van der Waals surface area (Å²) in [5.41, 5.74) is 0.217. The van der Waals surface area contributed by atoms with E-state index >= 15 is 0 Å². The van der Waals surface area contributed by atoms with Gasteiger partial charge in [0, 0.05) is 50.3 Å². The van der Waals surface area contributed by atoms with E-state index in [9.17, 15) is 19.5 Å². The molecule has 0 aliphatic carbocycles. The van der Waals surface area contributed by atoms with Crippen LogP contribution in [-0.4, -0.2) is 92.6 Å². The van der Waals surface area contributed by atoms with E-state index in [1.54, 1.807) is 37.4 Å². The minimum absolute atomic E-state index is 0.0245. The summed E-state index contributed by atoms with van der Waals surface area (Å²) < 4.78 is 19.7. The molecule has 6 rings (SSSR count). The van der Waals surface area contributed by atoms with Gasteiger partial charge in [-0.3, -0.25) is 14.2 Å². The fourth-order valence-electron chi connectivity index (χ4n) is 6.98. The van der Waals surface area contributed by atoms with Crippen LogP contribution in [0.3, 0.4) is 0 Å². The molecule has 4 heterocycles. The Bertz CT molecular complexity index is 1870. The van der Waals surface area contributed by atoms with Gasteiger partial charge in [0.1, 0.15) is 11.9 Å². The summed E-state index contributed by atoms with van der Waals surface area (Å²) in [6, 6.07) is 17.0. The van der Waals surface area contributed by atoms with Gasteiger partial charge in [-0.1, -0.05) is 30.3 Å². The Kier molecular flexibility index (Phi) is 9.43. The summed E-state index contributed by atoms with van der Waals surface area (Å²) in [5.74, 6) is 0.689. The summed E-state index contributed by atoms with van der Waals surface area (Å²) in [5, 5.41) is 12.1. The molecule has 0 saturated carbocycles. The minimum Gasteiger partial charge on any atom is -0.493 e. The van der Waals surface area contributed by atoms with E-state index in [0.717, 1.165) is 11.3 Å². The Morgan fingerprint density at radius 3 is 2.35 bits per heavy atom. The zero-order valence-electron chi connectivity index (χ0n) is 28.8. The Balaban J connectivity index is 1.14. The fourth-order valence-corrected chi connectivity index (χ4v) is 6.98. The molecule has 2 amide bonds. The fraction of sp³-hybridized carbons (Fsp3) is 0.459. The van der Waals surface area contributed by atoms with Crippen LogP contribution in [0.1, 0.15) is 51.5 Å². The molecule has 2 aliphatic rings. The summed E-state index contributed by atoms with van der Waals surface area (Å²) in [6.07, 6.45) is 4.04. The van der Waals surface area contributed by atoms with Crippen LogP contribution in [0.25, 0.3) is 16.7 Å². The van der Waals surface area contributed by atoms with Crippen LogP contribution >= 0.6 is 0 Å². The number of benzene rings is 2. The molecule has 0 unspecified atom stereocenters. The highest BCUT2D eigenvalue weighted by Gasteiger charge is 2.42.